The number of rotatable bonds is 7. The average Bonchev–Trinajstić information content (AvgIpc) is 2.81. The molecule has 10 heteroatoms. The molecular formula is C37H57N3O7. The van der Waals surface area contributed by atoms with E-state index in [1.807, 2.05) is 27.7 Å². The Morgan fingerprint density at radius 1 is 0.511 bits per heavy atom. The summed E-state index contributed by atoms with van der Waals surface area (Å²) in [6, 6.07) is 2.54. The second kappa shape index (κ2) is 12.6. The first kappa shape index (κ1) is 37.0. The second-order valence-electron chi connectivity index (χ2n) is 18.1. The molecule has 0 atom stereocenters. The molecule has 4 rings (SSSR count). The molecule has 10 nitrogen and oxygen atoms in total. The molecule has 0 spiro atoms. The van der Waals surface area contributed by atoms with Gasteiger partial charge in [0.05, 0.1) is 16.7 Å². The molecule has 47 heavy (non-hydrogen) atoms. The fourth-order valence-electron chi connectivity index (χ4n) is 8.81. The maximum Gasteiger partial charge on any atom is 0.339 e. The number of esters is 3. The number of piperidine rings is 3. The third kappa shape index (κ3) is 9.63. The highest BCUT2D eigenvalue weighted by Gasteiger charge is 2.43. The maximum absolute atomic E-state index is 14.0. The third-order valence-electron chi connectivity index (χ3n) is 9.26. The summed E-state index contributed by atoms with van der Waals surface area (Å²) in [6.07, 6.45) is 2.61. The minimum atomic E-state index is -0.753. The Kier molecular flexibility index (Phi) is 9.90. The summed E-state index contributed by atoms with van der Waals surface area (Å²) < 4.78 is 18.1. The molecule has 3 fully saturated rings. The molecule has 0 aromatic heterocycles. The van der Waals surface area contributed by atoms with Crippen LogP contribution in [0.25, 0.3) is 0 Å². The van der Waals surface area contributed by atoms with Gasteiger partial charge < -0.3 is 30.2 Å². The Bertz CT molecular complexity index is 1360. The van der Waals surface area contributed by atoms with Crippen molar-refractivity contribution >= 4 is 24.2 Å². The van der Waals surface area contributed by atoms with E-state index in [0.29, 0.717) is 44.8 Å². The van der Waals surface area contributed by atoms with Gasteiger partial charge in [0.2, 0.25) is 0 Å². The predicted molar refractivity (Wildman–Crippen MR) is 181 cm³/mol. The van der Waals surface area contributed by atoms with Crippen molar-refractivity contribution in [3.8, 4) is 0 Å². The summed E-state index contributed by atoms with van der Waals surface area (Å²) in [6.45, 7) is 24.6. The van der Waals surface area contributed by atoms with E-state index in [0.717, 1.165) is 0 Å². The fourth-order valence-corrected chi connectivity index (χ4v) is 8.81. The lowest BCUT2D eigenvalue weighted by Gasteiger charge is -2.46. The van der Waals surface area contributed by atoms with Crippen molar-refractivity contribution < 1.29 is 33.4 Å². The monoisotopic (exact) mass is 655 g/mol. The van der Waals surface area contributed by atoms with Gasteiger partial charge in [0.15, 0.2) is 6.29 Å². The van der Waals surface area contributed by atoms with Gasteiger partial charge in [0.25, 0.3) is 0 Å². The number of hydrogen-bond donors (Lipinski definition) is 3. The Balaban J connectivity index is 1.70. The summed E-state index contributed by atoms with van der Waals surface area (Å²) >= 11 is 0. The van der Waals surface area contributed by atoms with Crippen molar-refractivity contribution in [2.45, 2.75) is 173 Å². The summed E-state index contributed by atoms with van der Waals surface area (Å²) in [5.41, 5.74) is -2.11. The molecule has 3 aliphatic rings. The topological polar surface area (TPSA) is 132 Å². The fraction of sp³-hybridized carbons (Fsp3) is 0.730. The smallest absolute Gasteiger partial charge is 0.339 e. The lowest BCUT2D eigenvalue weighted by atomic mass is 9.81. The first-order valence-corrected chi connectivity index (χ1v) is 16.9. The zero-order valence-corrected chi connectivity index (χ0v) is 30.6. The molecule has 3 heterocycles. The second-order valence-corrected chi connectivity index (χ2v) is 18.1. The van der Waals surface area contributed by atoms with Gasteiger partial charge in [-0.1, -0.05) is 0 Å². The van der Waals surface area contributed by atoms with Gasteiger partial charge in [-0.25, -0.2) is 14.4 Å². The van der Waals surface area contributed by atoms with Crippen LogP contribution in [0.4, 0.5) is 0 Å². The number of benzene rings is 1. The Labute approximate surface area is 280 Å². The molecule has 0 saturated carbocycles. The van der Waals surface area contributed by atoms with Crippen molar-refractivity contribution in [2.75, 3.05) is 0 Å². The van der Waals surface area contributed by atoms with E-state index in [1.165, 1.54) is 12.1 Å². The normalized spacial score (nSPS) is 24.9. The summed E-state index contributed by atoms with van der Waals surface area (Å²) in [4.78, 5) is 54.0. The van der Waals surface area contributed by atoms with Gasteiger partial charge in [-0.05, 0) is 95.2 Å². The van der Waals surface area contributed by atoms with Crippen molar-refractivity contribution in [3.63, 3.8) is 0 Å². The number of nitrogens with one attached hydrogen (secondary N) is 3. The Hall–Kier alpha value is -2.82. The van der Waals surface area contributed by atoms with Crippen molar-refractivity contribution in [1.82, 2.24) is 16.0 Å². The quantitative estimate of drug-likeness (QED) is 0.185. The van der Waals surface area contributed by atoms with Crippen LogP contribution in [0, 0.1) is 0 Å². The largest absolute Gasteiger partial charge is 0.459 e. The van der Waals surface area contributed by atoms with Crippen molar-refractivity contribution in [1.29, 1.82) is 0 Å². The number of ether oxygens (including phenoxy) is 3. The van der Waals surface area contributed by atoms with Gasteiger partial charge in [0, 0.05) is 77.3 Å². The van der Waals surface area contributed by atoms with Crippen LogP contribution in [0.15, 0.2) is 12.1 Å². The van der Waals surface area contributed by atoms with Crippen LogP contribution in [-0.4, -0.2) is 75.7 Å². The summed E-state index contributed by atoms with van der Waals surface area (Å²) in [7, 11) is 0. The van der Waals surface area contributed by atoms with E-state index >= 15 is 0 Å². The molecule has 0 radical (unpaired) electrons. The SMILES string of the molecule is CC1(C)CC(OC(=O)c2cc(C(=O)OC3CC(C)(C)NC(C)(C)C3)c(C(=O)OC3CC(C)(C)NC(C)(C)C3)cc2C=O)CC(C)(C)N1. The van der Waals surface area contributed by atoms with E-state index in [9.17, 15) is 19.2 Å². The standard InChI is InChI=1S/C37H57N3O7/c1-32(2)15-23(16-33(3,4)38-32)45-29(42)26-14-28(31(44)47-25-19-36(9,10)40-37(11,12)20-25)27(13-22(26)21-41)30(43)46-24-17-34(5,6)39-35(7,8)18-24/h13-14,21,23-25,38-40H,15-20H2,1-12H3. The van der Waals surface area contributed by atoms with Crippen LogP contribution in [0.5, 0.6) is 0 Å². The van der Waals surface area contributed by atoms with Gasteiger partial charge in [-0.2, -0.15) is 0 Å². The molecular weight excluding hydrogens is 598 g/mol. The lowest BCUT2D eigenvalue weighted by Crippen LogP contribution is -2.60. The van der Waals surface area contributed by atoms with Gasteiger partial charge >= 0.3 is 17.9 Å². The molecule has 3 aliphatic heterocycles. The van der Waals surface area contributed by atoms with Crippen molar-refractivity contribution in [2.24, 2.45) is 0 Å². The van der Waals surface area contributed by atoms with Crippen LogP contribution in [-0.2, 0) is 14.2 Å². The zero-order valence-electron chi connectivity index (χ0n) is 30.6. The molecule has 1 aromatic rings. The highest BCUT2D eigenvalue weighted by molar-refractivity contribution is 6.08. The number of carbonyl (C=O) groups excluding carboxylic acids is 4. The Morgan fingerprint density at radius 2 is 0.766 bits per heavy atom. The lowest BCUT2D eigenvalue weighted by molar-refractivity contribution is -0.0108. The van der Waals surface area contributed by atoms with Crippen LogP contribution >= 0.6 is 0 Å². The molecule has 3 saturated heterocycles. The minimum absolute atomic E-state index is 0.0546. The van der Waals surface area contributed by atoms with Gasteiger partial charge in [-0.15, -0.1) is 0 Å². The highest BCUT2D eigenvalue weighted by Crippen LogP contribution is 2.35. The van der Waals surface area contributed by atoms with Crippen LogP contribution < -0.4 is 16.0 Å². The van der Waals surface area contributed by atoms with Crippen LogP contribution in [0.1, 0.15) is 163 Å². The average molecular weight is 656 g/mol. The molecule has 3 N–H and O–H groups in total. The van der Waals surface area contributed by atoms with Gasteiger partial charge in [0.1, 0.15) is 18.3 Å². The van der Waals surface area contributed by atoms with E-state index in [1.54, 1.807) is 0 Å². The minimum Gasteiger partial charge on any atom is -0.459 e. The van der Waals surface area contributed by atoms with Crippen LogP contribution in [0.3, 0.4) is 0 Å². The molecule has 0 amide bonds. The highest BCUT2D eigenvalue weighted by atomic mass is 16.6. The zero-order chi connectivity index (χ0) is 35.4. The Morgan fingerprint density at radius 3 is 1.04 bits per heavy atom. The van der Waals surface area contributed by atoms with E-state index in [4.69, 9.17) is 14.2 Å². The van der Waals surface area contributed by atoms with E-state index in [-0.39, 0.29) is 55.5 Å². The molecule has 0 aliphatic carbocycles. The van der Waals surface area contributed by atoms with E-state index in [2.05, 4.69) is 71.3 Å². The first-order chi connectivity index (χ1) is 21.3. The van der Waals surface area contributed by atoms with Crippen molar-refractivity contribution in [3.05, 3.63) is 34.4 Å². The number of hydrogen-bond acceptors (Lipinski definition) is 10. The first-order valence-electron chi connectivity index (χ1n) is 16.9. The summed E-state index contributed by atoms with van der Waals surface area (Å²) in [5, 5.41) is 10.7. The van der Waals surface area contributed by atoms with Crippen LogP contribution in [0.2, 0.25) is 0 Å². The van der Waals surface area contributed by atoms with E-state index < -0.39 is 36.2 Å². The summed E-state index contributed by atoms with van der Waals surface area (Å²) in [5.74, 6) is -2.23. The predicted octanol–water partition coefficient (Wildman–Crippen LogP) is 5.90. The molecule has 0 unspecified atom stereocenters. The molecule has 262 valence electrons. The number of aldehydes is 1. The third-order valence-corrected chi connectivity index (χ3v) is 9.26. The number of carbonyl (C=O) groups is 4. The molecule has 0 bridgehead atoms. The van der Waals surface area contributed by atoms with Gasteiger partial charge in [-0.3, -0.25) is 4.79 Å². The molecule has 1 aromatic carbocycles. The maximum atomic E-state index is 14.0.